The molecule has 0 fully saturated rings. The number of nitrogens with one attached hydrogen (secondary N) is 2. The lowest BCUT2D eigenvalue weighted by Gasteiger charge is -2.19. The Morgan fingerprint density at radius 1 is 0.929 bits per heavy atom. The predicted octanol–water partition coefficient (Wildman–Crippen LogP) is 5.39. The van der Waals surface area contributed by atoms with Crippen molar-refractivity contribution >= 4 is 23.2 Å². The summed E-state index contributed by atoms with van der Waals surface area (Å²) < 4.78 is 0. The molecule has 0 unspecified atom stereocenters. The second kappa shape index (κ2) is 7.80. The van der Waals surface area contributed by atoms with Gasteiger partial charge in [0.05, 0.1) is 5.56 Å². The molecule has 0 bridgehead atoms. The second-order valence-electron chi connectivity index (χ2n) is 8.02. The highest BCUT2D eigenvalue weighted by atomic mass is 16.1. The Morgan fingerprint density at radius 3 is 2.18 bits per heavy atom. The van der Waals surface area contributed by atoms with E-state index in [9.17, 15) is 4.79 Å². The highest BCUT2D eigenvalue weighted by Crippen LogP contribution is 2.24. The molecule has 1 aromatic heterocycles. The van der Waals surface area contributed by atoms with Gasteiger partial charge in [-0.3, -0.25) is 4.79 Å². The topological polar surface area (TPSA) is 66.9 Å². The molecule has 0 aliphatic carbocycles. The van der Waals surface area contributed by atoms with Gasteiger partial charge in [0.25, 0.3) is 5.91 Å². The molecule has 3 aromatic rings. The first kappa shape index (κ1) is 19.5. The molecule has 2 aromatic carbocycles. The van der Waals surface area contributed by atoms with Crippen molar-refractivity contribution in [3.63, 3.8) is 0 Å². The highest BCUT2D eigenvalue weighted by Gasteiger charge is 2.13. The number of anilines is 3. The number of benzene rings is 2. The Bertz CT molecular complexity index is 971. The van der Waals surface area contributed by atoms with E-state index in [0.717, 1.165) is 22.5 Å². The molecule has 0 atom stereocenters. The van der Waals surface area contributed by atoms with Gasteiger partial charge in [0.2, 0.25) is 5.95 Å². The van der Waals surface area contributed by atoms with Gasteiger partial charge in [0.15, 0.2) is 0 Å². The van der Waals surface area contributed by atoms with Crippen LogP contribution in [-0.2, 0) is 5.41 Å². The standard InChI is InChI=1S/C23H26N4O/c1-15-6-7-16(2)20(12-15)27-21(28)17-13-24-22(25-14-17)26-19-10-8-18(9-11-19)23(3,4)5/h6-14H,1-5H3,(H,27,28)(H,24,25,26). The van der Waals surface area contributed by atoms with E-state index >= 15 is 0 Å². The lowest BCUT2D eigenvalue weighted by molar-refractivity contribution is 0.102. The van der Waals surface area contributed by atoms with Crippen LogP contribution in [0.2, 0.25) is 0 Å². The van der Waals surface area contributed by atoms with E-state index in [0.29, 0.717) is 11.5 Å². The fourth-order valence-corrected chi connectivity index (χ4v) is 2.76. The number of nitrogens with zero attached hydrogens (tertiary/aromatic N) is 2. The number of rotatable bonds is 4. The highest BCUT2D eigenvalue weighted by molar-refractivity contribution is 6.04. The van der Waals surface area contributed by atoms with Crippen LogP contribution in [-0.4, -0.2) is 15.9 Å². The summed E-state index contributed by atoms with van der Waals surface area (Å²) in [5, 5.41) is 6.08. The van der Waals surface area contributed by atoms with E-state index < -0.39 is 0 Å². The number of aryl methyl sites for hydroxylation is 2. The Balaban J connectivity index is 1.67. The van der Waals surface area contributed by atoms with Crippen molar-refractivity contribution in [1.82, 2.24) is 9.97 Å². The summed E-state index contributed by atoms with van der Waals surface area (Å²) in [5.74, 6) is 0.224. The third-order valence-electron chi connectivity index (χ3n) is 4.56. The maximum atomic E-state index is 12.5. The van der Waals surface area contributed by atoms with Gasteiger partial charge in [-0.15, -0.1) is 0 Å². The molecule has 0 radical (unpaired) electrons. The smallest absolute Gasteiger partial charge is 0.258 e. The summed E-state index contributed by atoms with van der Waals surface area (Å²) in [6.45, 7) is 10.5. The summed E-state index contributed by atoms with van der Waals surface area (Å²) in [4.78, 5) is 21.0. The number of amides is 1. The first-order valence-corrected chi connectivity index (χ1v) is 9.30. The van der Waals surface area contributed by atoms with Crippen LogP contribution in [0.1, 0.15) is 47.8 Å². The number of aromatic nitrogens is 2. The molecule has 1 amide bonds. The van der Waals surface area contributed by atoms with Crippen LogP contribution in [0.5, 0.6) is 0 Å². The molecule has 28 heavy (non-hydrogen) atoms. The number of carbonyl (C=O) groups excluding carboxylic acids is 1. The molecule has 2 N–H and O–H groups in total. The Hall–Kier alpha value is -3.21. The van der Waals surface area contributed by atoms with E-state index in [4.69, 9.17) is 0 Å². The fourth-order valence-electron chi connectivity index (χ4n) is 2.76. The summed E-state index contributed by atoms with van der Waals surface area (Å²) in [5.41, 5.74) is 5.59. The maximum absolute atomic E-state index is 12.5. The van der Waals surface area contributed by atoms with Crippen LogP contribution < -0.4 is 10.6 Å². The summed E-state index contributed by atoms with van der Waals surface area (Å²) >= 11 is 0. The van der Waals surface area contributed by atoms with Crippen molar-refractivity contribution in [3.8, 4) is 0 Å². The van der Waals surface area contributed by atoms with E-state index in [1.807, 2.05) is 44.2 Å². The maximum Gasteiger partial charge on any atom is 0.258 e. The van der Waals surface area contributed by atoms with Crippen LogP contribution in [0.15, 0.2) is 54.9 Å². The average molecular weight is 374 g/mol. The summed E-state index contributed by atoms with van der Waals surface area (Å²) in [6, 6.07) is 14.1. The van der Waals surface area contributed by atoms with Gasteiger partial charge in [-0.05, 0) is 54.2 Å². The Kier molecular flexibility index (Phi) is 5.45. The molecule has 0 aliphatic heterocycles. The quantitative estimate of drug-likeness (QED) is 0.643. The Labute approximate surface area is 166 Å². The molecule has 0 saturated carbocycles. The van der Waals surface area contributed by atoms with Crippen molar-refractivity contribution in [2.24, 2.45) is 0 Å². The van der Waals surface area contributed by atoms with Crippen molar-refractivity contribution < 1.29 is 4.79 Å². The van der Waals surface area contributed by atoms with Gasteiger partial charge in [0, 0.05) is 23.8 Å². The van der Waals surface area contributed by atoms with Gasteiger partial charge >= 0.3 is 0 Å². The van der Waals surface area contributed by atoms with Crippen molar-refractivity contribution in [2.45, 2.75) is 40.0 Å². The molecule has 0 aliphatic rings. The first-order chi connectivity index (χ1) is 13.2. The van der Waals surface area contributed by atoms with E-state index in [1.165, 1.54) is 18.0 Å². The lowest BCUT2D eigenvalue weighted by atomic mass is 9.87. The minimum atomic E-state index is -0.227. The minimum absolute atomic E-state index is 0.111. The molecule has 0 spiro atoms. The van der Waals surface area contributed by atoms with Gasteiger partial charge in [-0.2, -0.15) is 0 Å². The second-order valence-corrected chi connectivity index (χ2v) is 8.02. The van der Waals surface area contributed by atoms with Gasteiger partial charge < -0.3 is 10.6 Å². The molecular formula is C23H26N4O. The number of hydrogen-bond acceptors (Lipinski definition) is 4. The molecule has 144 valence electrons. The normalized spacial score (nSPS) is 11.2. The summed E-state index contributed by atoms with van der Waals surface area (Å²) in [6.07, 6.45) is 3.05. The average Bonchev–Trinajstić information content (AvgIpc) is 2.65. The molecule has 1 heterocycles. The zero-order valence-corrected chi connectivity index (χ0v) is 17.0. The third-order valence-corrected chi connectivity index (χ3v) is 4.56. The van der Waals surface area contributed by atoms with Crippen LogP contribution in [0, 0.1) is 13.8 Å². The molecule has 5 nitrogen and oxygen atoms in total. The van der Waals surface area contributed by atoms with Crippen LogP contribution >= 0.6 is 0 Å². The Morgan fingerprint density at radius 2 is 1.57 bits per heavy atom. The van der Waals surface area contributed by atoms with Crippen LogP contribution in [0.3, 0.4) is 0 Å². The van der Waals surface area contributed by atoms with Crippen molar-refractivity contribution in [2.75, 3.05) is 10.6 Å². The van der Waals surface area contributed by atoms with E-state index in [2.05, 4.69) is 53.5 Å². The molecular weight excluding hydrogens is 348 g/mol. The predicted molar refractivity (Wildman–Crippen MR) is 114 cm³/mol. The number of carbonyl (C=O) groups is 1. The fraction of sp³-hybridized carbons (Fsp3) is 0.261. The SMILES string of the molecule is Cc1ccc(C)c(NC(=O)c2cnc(Nc3ccc(C(C)(C)C)cc3)nc2)c1. The zero-order chi connectivity index (χ0) is 20.3. The van der Waals surface area contributed by atoms with E-state index in [-0.39, 0.29) is 11.3 Å². The van der Waals surface area contributed by atoms with Crippen LogP contribution in [0.4, 0.5) is 17.3 Å². The van der Waals surface area contributed by atoms with Crippen LogP contribution in [0.25, 0.3) is 0 Å². The first-order valence-electron chi connectivity index (χ1n) is 9.30. The molecule has 3 rings (SSSR count). The largest absolute Gasteiger partial charge is 0.324 e. The third kappa shape index (κ3) is 4.74. The van der Waals surface area contributed by atoms with Gasteiger partial charge in [-0.1, -0.05) is 45.0 Å². The molecule has 5 heteroatoms. The number of hydrogen-bond donors (Lipinski definition) is 2. The molecule has 0 saturated heterocycles. The zero-order valence-electron chi connectivity index (χ0n) is 17.0. The monoisotopic (exact) mass is 374 g/mol. The lowest BCUT2D eigenvalue weighted by Crippen LogP contribution is -2.14. The van der Waals surface area contributed by atoms with Gasteiger partial charge in [0.1, 0.15) is 0 Å². The van der Waals surface area contributed by atoms with Crippen molar-refractivity contribution in [1.29, 1.82) is 0 Å². The van der Waals surface area contributed by atoms with Gasteiger partial charge in [-0.25, -0.2) is 9.97 Å². The minimum Gasteiger partial charge on any atom is -0.324 e. The van der Waals surface area contributed by atoms with E-state index in [1.54, 1.807) is 0 Å². The van der Waals surface area contributed by atoms with Crippen molar-refractivity contribution in [3.05, 3.63) is 77.1 Å². The summed E-state index contributed by atoms with van der Waals surface area (Å²) in [7, 11) is 0.